The minimum absolute atomic E-state index is 0.169. The maximum atomic E-state index is 12.6. The van der Waals surface area contributed by atoms with Crippen LogP contribution in [0, 0.1) is 6.92 Å². The molecule has 1 heterocycles. The molecule has 0 bridgehead atoms. The number of sulfone groups is 1. The lowest BCUT2D eigenvalue weighted by atomic mass is 10.1. The van der Waals surface area contributed by atoms with Gasteiger partial charge in [-0.05, 0) is 32.0 Å². The van der Waals surface area contributed by atoms with E-state index in [-0.39, 0.29) is 11.4 Å². The van der Waals surface area contributed by atoms with E-state index >= 15 is 0 Å². The minimum Gasteiger partial charge on any atom is -0.324 e. The summed E-state index contributed by atoms with van der Waals surface area (Å²) in [7, 11) is -3.60. The number of rotatable bonds is 5. The van der Waals surface area contributed by atoms with Crippen LogP contribution in [-0.2, 0) is 14.6 Å². The zero-order valence-corrected chi connectivity index (χ0v) is 16.2. The Bertz CT molecular complexity index is 963. The highest BCUT2D eigenvalue weighted by atomic mass is 32.2. The average Bonchev–Trinajstić information content (AvgIpc) is 2.53. The van der Waals surface area contributed by atoms with Crippen LogP contribution in [-0.4, -0.2) is 41.3 Å². The molecule has 2 rings (SSSR count). The molecule has 2 aromatic rings. The first-order chi connectivity index (χ1) is 12.4. The quantitative estimate of drug-likeness (QED) is 0.590. The lowest BCUT2D eigenvalue weighted by Crippen LogP contribution is -2.32. The second-order valence-corrected chi connectivity index (χ2v) is 9.18. The Morgan fingerprint density at radius 2 is 1.93 bits per heavy atom. The number of amides is 1. The zero-order valence-electron chi connectivity index (χ0n) is 14.5. The second-order valence-electron chi connectivity index (χ2n) is 5.78. The van der Waals surface area contributed by atoms with Crippen molar-refractivity contribution >= 4 is 33.2 Å². The van der Waals surface area contributed by atoms with Crippen molar-refractivity contribution in [2.75, 3.05) is 11.6 Å². The first-order valence-electron chi connectivity index (χ1n) is 7.56. The van der Waals surface area contributed by atoms with Crippen molar-refractivity contribution in [2.24, 2.45) is 0 Å². The summed E-state index contributed by atoms with van der Waals surface area (Å²) in [5.41, 5.74) is -2.99. The molecule has 0 saturated carbocycles. The van der Waals surface area contributed by atoms with Gasteiger partial charge in [0.25, 0.3) is 0 Å². The van der Waals surface area contributed by atoms with Gasteiger partial charge in [0.2, 0.25) is 5.91 Å². The fraction of sp³-hybridized carbons (Fsp3) is 0.312. The molecule has 0 saturated heterocycles. The highest BCUT2D eigenvalue weighted by Crippen LogP contribution is 2.36. The summed E-state index contributed by atoms with van der Waals surface area (Å²) < 4.78 is 60.8. The third-order valence-corrected chi connectivity index (χ3v) is 5.67. The Labute approximate surface area is 158 Å². The first-order valence-corrected chi connectivity index (χ1v) is 10.3. The first kappa shape index (κ1) is 21.2. The third kappa shape index (κ3) is 5.93. The van der Waals surface area contributed by atoms with Crippen molar-refractivity contribution in [3.63, 3.8) is 0 Å². The van der Waals surface area contributed by atoms with E-state index in [4.69, 9.17) is 0 Å². The van der Waals surface area contributed by atoms with Crippen molar-refractivity contribution in [3.05, 3.63) is 36.0 Å². The van der Waals surface area contributed by atoms with E-state index < -0.39 is 43.4 Å². The summed E-state index contributed by atoms with van der Waals surface area (Å²) in [6.07, 6.45) is 2.13. The van der Waals surface area contributed by atoms with Gasteiger partial charge < -0.3 is 5.32 Å². The Morgan fingerprint density at radius 1 is 1.26 bits per heavy atom. The van der Waals surface area contributed by atoms with Crippen LogP contribution in [0.2, 0.25) is 0 Å². The van der Waals surface area contributed by atoms with Gasteiger partial charge in [0.15, 0.2) is 15.0 Å². The number of thioether (sulfide) groups is 1. The zero-order chi connectivity index (χ0) is 20.4. The van der Waals surface area contributed by atoms with Gasteiger partial charge in [-0.25, -0.2) is 18.4 Å². The molecule has 1 N–H and O–H groups in total. The highest BCUT2D eigenvalue weighted by Gasteiger charge is 2.31. The molecular weight excluding hydrogens is 403 g/mol. The van der Waals surface area contributed by atoms with Gasteiger partial charge in [-0.2, -0.15) is 13.2 Å². The number of anilines is 1. The molecule has 0 fully saturated rings. The second kappa shape index (κ2) is 7.85. The molecule has 0 spiro atoms. The van der Waals surface area contributed by atoms with Crippen LogP contribution >= 0.6 is 11.8 Å². The van der Waals surface area contributed by atoms with E-state index in [0.717, 1.165) is 11.8 Å². The molecule has 0 aliphatic rings. The number of hydrogen-bond donors (Lipinski definition) is 1. The van der Waals surface area contributed by atoms with Gasteiger partial charge in [0.1, 0.15) is 5.25 Å². The topological polar surface area (TPSA) is 89.0 Å². The lowest BCUT2D eigenvalue weighted by molar-refractivity contribution is -0.115. The number of benzene rings is 1. The Balaban J connectivity index is 2.42. The van der Waals surface area contributed by atoms with Gasteiger partial charge >= 0.3 is 5.51 Å². The van der Waals surface area contributed by atoms with E-state index in [1.54, 1.807) is 19.1 Å². The van der Waals surface area contributed by atoms with Gasteiger partial charge in [0.05, 0.1) is 11.4 Å². The molecule has 1 unspecified atom stereocenters. The van der Waals surface area contributed by atoms with Crippen LogP contribution in [0.4, 0.5) is 18.9 Å². The molecule has 0 radical (unpaired) electrons. The Hall–Kier alpha value is -2.14. The van der Waals surface area contributed by atoms with Gasteiger partial charge in [-0.15, -0.1) is 0 Å². The molecule has 1 amide bonds. The standard InChI is InChI=1S/C16H16F3N3O3S2/c1-9-4-5-12(21-14(23)10(2)27(3,24)25)11(8-9)13-6-7-20-15(22-13)26-16(17,18)19/h4-8,10H,1-3H3,(H,21,23). The van der Waals surface area contributed by atoms with Gasteiger partial charge in [-0.3, -0.25) is 4.79 Å². The summed E-state index contributed by atoms with van der Waals surface area (Å²) in [6.45, 7) is 3.02. The summed E-state index contributed by atoms with van der Waals surface area (Å²) in [6, 6.07) is 6.25. The molecule has 6 nitrogen and oxygen atoms in total. The van der Waals surface area contributed by atoms with Crippen LogP contribution in [0.25, 0.3) is 11.3 Å². The fourth-order valence-electron chi connectivity index (χ4n) is 2.05. The molecule has 0 aliphatic carbocycles. The van der Waals surface area contributed by atoms with Gasteiger partial charge in [-0.1, -0.05) is 11.6 Å². The number of nitrogens with one attached hydrogen (secondary N) is 1. The molecular formula is C16H16F3N3O3S2. The maximum Gasteiger partial charge on any atom is 0.449 e. The van der Waals surface area contributed by atoms with Crippen LogP contribution in [0.15, 0.2) is 35.6 Å². The van der Waals surface area contributed by atoms with Crippen molar-refractivity contribution in [3.8, 4) is 11.3 Å². The maximum absolute atomic E-state index is 12.6. The van der Waals surface area contributed by atoms with E-state index in [1.807, 2.05) is 0 Å². The van der Waals surface area contributed by atoms with E-state index in [9.17, 15) is 26.4 Å². The van der Waals surface area contributed by atoms with Crippen molar-refractivity contribution < 1.29 is 26.4 Å². The summed E-state index contributed by atoms with van der Waals surface area (Å²) in [5, 5.41) is 0.736. The van der Waals surface area contributed by atoms with Crippen molar-refractivity contribution in [1.82, 2.24) is 9.97 Å². The number of carbonyl (C=O) groups excluding carboxylic acids is 1. The number of hydrogen-bond acceptors (Lipinski definition) is 6. The van der Waals surface area contributed by atoms with E-state index in [1.165, 1.54) is 25.3 Å². The Kier molecular flexibility index (Phi) is 6.15. The number of aromatic nitrogens is 2. The van der Waals surface area contributed by atoms with Crippen molar-refractivity contribution in [1.29, 1.82) is 0 Å². The number of carbonyl (C=O) groups is 1. The smallest absolute Gasteiger partial charge is 0.324 e. The summed E-state index contributed by atoms with van der Waals surface area (Å²) >= 11 is -0.447. The largest absolute Gasteiger partial charge is 0.449 e. The summed E-state index contributed by atoms with van der Waals surface area (Å²) in [5.74, 6) is -0.749. The van der Waals surface area contributed by atoms with Crippen molar-refractivity contribution in [2.45, 2.75) is 29.8 Å². The molecule has 11 heteroatoms. The Morgan fingerprint density at radius 3 is 2.52 bits per heavy atom. The van der Waals surface area contributed by atoms with Crippen LogP contribution in [0.3, 0.4) is 0 Å². The number of halogens is 3. The predicted molar refractivity (Wildman–Crippen MR) is 97.1 cm³/mol. The predicted octanol–water partition coefficient (Wildman–Crippen LogP) is 3.44. The van der Waals surface area contributed by atoms with E-state index in [0.29, 0.717) is 5.56 Å². The minimum atomic E-state index is -4.53. The number of alkyl halides is 3. The SMILES string of the molecule is Cc1ccc(NC(=O)C(C)S(C)(=O)=O)c(-c2ccnc(SC(F)(F)F)n2)c1. The highest BCUT2D eigenvalue weighted by molar-refractivity contribution is 8.00. The molecule has 1 atom stereocenters. The average molecular weight is 419 g/mol. The van der Waals surface area contributed by atoms with Crippen LogP contribution in [0.1, 0.15) is 12.5 Å². The monoisotopic (exact) mass is 419 g/mol. The molecule has 146 valence electrons. The molecule has 1 aromatic carbocycles. The molecule has 27 heavy (non-hydrogen) atoms. The third-order valence-electron chi connectivity index (χ3n) is 3.56. The molecule has 0 aliphatic heterocycles. The number of nitrogens with zero attached hydrogens (tertiary/aromatic N) is 2. The fourth-order valence-corrected chi connectivity index (χ4v) is 2.96. The summed E-state index contributed by atoms with van der Waals surface area (Å²) in [4.78, 5) is 19.7. The normalized spacial score (nSPS) is 13.3. The number of aryl methyl sites for hydroxylation is 1. The lowest BCUT2D eigenvalue weighted by Gasteiger charge is -2.15. The van der Waals surface area contributed by atoms with E-state index in [2.05, 4.69) is 15.3 Å². The van der Waals surface area contributed by atoms with Gasteiger partial charge in [0, 0.05) is 29.8 Å². The van der Waals surface area contributed by atoms with Crippen LogP contribution in [0.5, 0.6) is 0 Å². The van der Waals surface area contributed by atoms with Crippen LogP contribution < -0.4 is 5.32 Å². The molecule has 1 aromatic heterocycles.